The lowest BCUT2D eigenvalue weighted by Crippen LogP contribution is -1.81. The van der Waals surface area contributed by atoms with Crippen LogP contribution in [0.15, 0.2) is 394 Å². The number of rotatable bonds is 0. The monoisotopic (exact) mass is 1220 g/mol. The quantitative estimate of drug-likeness (QED) is 0.105. The number of hydrogen-bond acceptors (Lipinski definition) is 0. The summed E-state index contributed by atoms with van der Waals surface area (Å²) in [6, 6.07) is 137. The van der Waals surface area contributed by atoms with E-state index in [9.17, 15) is 0 Å². The molecule has 0 saturated carbocycles. The number of hydrogen-bond donors (Lipinski definition) is 0. The van der Waals surface area contributed by atoms with Crippen LogP contribution in [0.4, 0.5) is 0 Å². The average Bonchev–Trinajstić information content (AvgIpc) is 0.835. The third-order valence-corrected chi connectivity index (χ3v) is 18.6. The number of fused-ring (bicyclic) bond motifs is 21. The van der Waals surface area contributed by atoms with Crippen LogP contribution in [0.25, 0.3) is 136 Å². The number of allylic oxidation sites excluding steroid dienone is 1. The highest BCUT2D eigenvalue weighted by Crippen LogP contribution is 2.37. The molecule has 96 heavy (non-hydrogen) atoms. The summed E-state index contributed by atoms with van der Waals surface area (Å²) in [7, 11) is 0. The second-order valence-electron chi connectivity index (χ2n) is 24.5. The fourth-order valence-electron chi connectivity index (χ4n) is 13.9. The molecule has 0 aliphatic heterocycles. The summed E-state index contributed by atoms with van der Waals surface area (Å²) in [6.45, 7) is 0. The molecule has 0 spiro atoms. The van der Waals surface area contributed by atoms with Crippen LogP contribution in [-0.2, 0) is 12.8 Å². The van der Waals surface area contributed by atoms with Gasteiger partial charge in [-0.2, -0.15) is 0 Å². The van der Waals surface area contributed by atoms with Crippen molar-refractivity contribution in [2.75, 3.05) is 0 Å². The fraction of sp³-hybridized carbons (Fsp3) is 0.0208. The van der Waals surface area contributed by atoms with Crippen molar-refractivity contribution in [2.24, 2.45) is 0 Å². The van der Waals surface area contributed by atoms with Crippen LogP contribution >= 0.6 is 0 Å². The van der Waals surface area contributed by atoms with Crippen LogP contribution in [0.3, 0.4) is 0 Å². The third kappa shape index (κ3) is 13.0. The maximum absolute atomic E-state index is 2.24. The summed E-state index contributed by atoms with van der Waals surface area (Å²) < 4.78 is 0. The molecule has 0 atom stereocenters. The molecule has 0 heteroatoms. The van der Waals surface area contributed by atoms with Gasteiger partial charge in [-0.1, -0.05) is 388 Å². The largest absolute Gasteiger partial charge is 0.0795 e. The van der Waals surface area contributed by atoms with Gasteiger partial charge in [-0.25, -0.2) is 0 Å². The van der Waals surface area contributed by atoms with Gasteiger partial charge in [0.05, 0.1) is 0 Å². The Morgan fingerprint density at radius 3 is 0.719 bits per heavy atom. The molecule has 0 radical (unpaired) electrons. The molecule has 0 heterocycles. The second kappa shape index (κ2) is 28.3. The van der Waals surface area contributed by atoms with Gasteiger partial charge >= 0.3 is 0 Å². The minimum absolute atomic E-state index is 1.10. The van der Waals surface area contributed by atoms with E-state index in [1.165, 1.54) is 152 Å². The molecule has 2 aliphatic rings. The van der Waals surface area contributed by atoms with Crippen LogP contribution in [-0.4, -0.2) is 0 Å². The maximum atomic E-state index is 2.24. The van der Waals surface area contributed by atoms with Gasteiger partial charge in [0.1, 0.15) is 0 Å². The first-order chi connectivity index (χ1) is 47.6. The molecule has 0 N–H and O–H groups in total. The van der Waals surface area contributed by atoms with Crippen LogP contribution in [0.5, 0.6) is 0 Å². The zero-order valence-electron chi connectivity index (χ0n) is 53.5. The number of benzene rings is 19. The lowest BCUT2D eigenvalue weighted by molar-refractivity contribution is 1.26. The smallest absolute Gasteiger partial charge is 0.00135 e. The summed E-state index contributed by atoms with van der Waals surface area (Å²) in [5.74, 6) is 0. The molecular formula is C96H70. The molecule has 454 valence electrons. The lowest BCUT2D eigenvalue weighted by atomic mass is 9.95. The topological polar surface area (TPSA) is 0 Å². The predicted octanol–water partition coefficient (Wildman–Crippen LogP) is 26.6. The highest BCUT2D eigenvalue weighted by atomic mass is 14.2. The van der Waals surface area contributed by atoms with E-state index in [2.05, 4.69) is 400 Å². The molecule has 0 nitrogen and oxygen atoms in total. The van der Waals surface area contributed by atoms with Gasteiger partial charge < -0.3 is 0 Å². The molecule has 0 bridgehead atoms. The molecule has 19 aromatic rings. The minimum Gasteiger partial charge on any atom is -0.0795 e. The van der Waals surface area contributed by atoms with Crippen molar-refractivity contribution in [1.82, 2.24) is 0 Å². The molecule has 0 amide bonds. The van der Waals surface area contributed by atoms with Crippen molar-refractivity contribution < 1.29 is 0 Å². The van der Waals surface area contributed by atoms with E-state index in [1.54, 1.807) is 0 Å². The minimum atomic E-state index is 1.10. The first kappa shape index (κ1) is 60.0. The van der Waals surface area contributed by atoms with Crippen molar-refractivity contribution >= 4 is 125 Å². The molecule has 19 aromatic carbocycles. The zero-order chi connectivity index (χ0) is 64.2. The van der Waals surface area contributed by atoms with Gasteiger partial charge in [-0.15, -0.1) is 0 Å². The molecule has 0 aromatic heterocycles. The highest BCUT2D eigenvalue weighted by Gasteiger charge is 2.16. The first-order valence-corrected chi connectivity index (χ1v) is 33.3. The van der Waals surface area contributed by atoms with Gasteiger partial charge in [-0.3, -0.25) is 0 Å². The Balaban J connectivity index is 0.0000000930. The van der Waals surface area contributed by atoms with Crippen molar-refractivity contribution in [3.63, 3.8) is 0 Å². The maximum Gasteiger partial charge on any atom is -0.00135 e. The Morgan fingerprint density at radius 1 is 0.156 bits per heavy atom. The Hall–Kier alpha value is -12.2. The normalized spacial score (nSPS) is 11.4. The second-order valence-corrected chi connectivity index (χ2v) is 24.5. The fourth-order valence-corrected chi connectivity index (χ4v) is 13.9. The van der Waals surface area contributed by atoms with Gasteiger partial charge in [0.15, 0.2) is 0 Å². The third-order valence-electron chi connectivity index (χ3n) is 18.6. The van der Waals surface area contributed by atoms with Crippen molar-refractivity contribution in [2.45, 2.75) is 12.8 Å². The predicted molar refractivity (Wildman–Crippen MR) is 419 cm³/mol. The lowest BCUT2D eigenvalue weighted by Gasteiger charge is -2.09. The summed E-state index contributed by atoms with van der Waals surface area (Å²) in [6.07, 6.45) is 6.60. The molecule has 2 aliphatic carbocycles. The van der Waals surface area contributed by atoms with E-state index in [0.29, 0.717) is 0 Å². The zero-order valence-corrected chi connectivity index (χ0v) is 53.5. The van der Waals surface area contributed by atoms with Gasteiger partial charge in [0.2, 0.25) is 0 Å². The average molecular weight is 1220 g/mol. The highest BCUT2D eigenvalue weighted by molar-refractivity contribution is 6.25. The molecular weight excluding hydrogens is 1150 g/mol. The SMILES string of the molecule is C1=Cc2ccccc2C1.c1ccc2c(c1)Cc1ccccc1-2.c1ccc2c(c1)c1ccccc1c1ccccc21.c1ccc2c(c1)ccc1c3ccccc3ccc21.c1ccc2c(c1)ccc1ccccc12.c1ccc2cc3ccccc3cc2c1.c1ccc2ccccc2c1. The van der Waals surface area contributed by atoms with E-state index in [-0.39, 0.29) is 0 Å². The van der Waals surface area contributed by atoms with E-state index >= 15 is 0 Å². The Morgan fingerprint density at radius 2 is 0.385 bits per heavy atom. The Kier molecular flexibility index (Phi) is 17.7. The van der Waals surface area contributed by atoms with E-state index in [4.69, 9.17) is 0 Å². The van der Waals surface area contributed by atoms with E-state index < -0.39 is 0 Å². The summed E-state index contributed by atoms with van der Waals surface area (Å²) in [5, 5.41) is 29.2. The summed E-state index contributed by atoms with van der Waals surface area (Å²) in [5.41, 5.74) is 8.60. The van der Waals surface area contributed by atoms with Gasteiger partial charge in [-0.05, 0) is 177 Å². The summed E-state index contributed by atoms with van der Waals surface area (Å²) >= 11 is 0. The van der Waals surface area contributed by atoms with Crippen molar-refractivity contribution in [1.29, 1.82) is 0 Å². The van der Waals surface area contributed by atoms with Crippen molar-refractivity contribution in [3.8, 4) is 11.1 Å². The summed E-state index contributed by atoms with van der Waals surface area (Å²) in [4.78, 5) is 0. The molecule has 0 fully saturated rings. The first-order valence-electron chi connectivity index (χ1n) is 33.3. The van der Waals surface area contributed by atoms with Crippen molar-refractivity contribution in [3.05, 3.63) is 417 Å². The van der Waals surface area contributed by atoms with Crippen LogP contribution in [0.2, 0.25) is 0 Å². The van der Waals surface area contributed by atoms with Crippen LogP contribution < -0.4 is 0 Å². The van der Waals surface area contributed by atoms with Gasteiger partial charge in [0.25, 0.3) is 0 Å². The Bertz CT molecular complexity index is 5410. The van der Waals surface area contributed by atoms with Gasteiger partial charge in [0, 0.05) is 0 Å². The Labute approximate surface area is 561 Å². The molecule has 21 rings (SSSR count). The van der Waals surface area contributed by atoms with E-state index in [0.717, 1.165) is 12.8 Å². The standard InChI is InChI=1S/2C18H12.2C14H10.C13H10.C10H8.C9H8/c1-3-7-15-13(5-1)9-11-18-16-8-4-2-6-14(16)10-12-17(15)18;1-2-8-14-13(7-1)15-9-3-4-11-17(15)18-12-6-5-10-16(14)18;1-3-7-13-11(5-1)9-10-12-6-2-4-8-14(12)13;1-2-6-12-10-14-8-4-3-7-13(14)9-11(12)5-1;1-3-7-12-10(5-1)9-11-6-2-4-8-13(11)12;1-2-6-10-8-4-3-7-9(10)5-1;1-2-5-9-7-3-6-8(9)4-1/h2*1-12H;2*1-10H;1-8H,9H2;1-8H;1-6H,7H2. The molecule has 0 unspecified atom stereocenters. The molecule has 0 saturated heterocycles. The van der Waals surface area contributed by atoms with Crippen LogP contribution in [0.1, 0.15) is 22.3 Å². The van der Waals surface area contributed by atoms with Crippen LogP contribution in [0, 0.1) is 0 Å². The van der Waals surface area contributed by atoms with E-state index in [1.807, 2.05) is 0 Å².